The van der Waals surface area contributed by atoms with Crippen molar-refractivity contribution in [2.45, 2.75) is 4.90 Å². The van der Waals surface area contributed by atoms with E-state index < -0.39 is 0 Å². The van der Waals surface area contributed by atoms with Gasteiger partial charge in [-0.1, -0.05) is 34.1 Å². The number of rotatable bonds is 0. The van der Waals surface area contributed by atoms with Gasteiger partial charge in [-0.15, -0.1) is 12.6 Å². The predicted octanol–water partition coefficient (Wildman–Crippen LogP) is 6.71. The van der Waals surface area contributed by atoms with Crippen molar-refractivity contribution in [1.29, 1.82) is 0 Å². The topological polar surface area (TPSA) is 0 Å². The molecule has 0 bridgehead atoms. The van der Waals surface area contributed by atoms with E-state index in [1.807, 2.05) is 42.5 Å². The van der Waals surface area contributed by atoms with Crippen LogP contribution in [0.1, 0.15) is 0 Å². The summed E-state index contributed by atoms with van der Waals surface area (Å²) < 4.78 is 4.16. The van der Waals surface area contributed by atoms with Gasteiger partial charge in [-0.3, -0.25) is 0 Å². The van der Waals surface area contributed by atoms with Crippen molar-refractivity contribution in [2.75, 3.05) is 0 Å². The molecule has 5 heteroatoms. The maximum atomic E-state index is 4.08. The minimum absolute atomic E-state index is 1.02. The molecule has 0 saturated heterocycles. The van der Waals surface area contributed by atoms with E-state index in [1.165, 1.54) is 0 Å². The summed E-state index contributed by atoms with van der Waals surface area (Å²) in [5.74, 6) is 0. The van der Waals surface area contributed by atoms with Crippen LogP contribution in [0.5, 0.6) is 0 Å². The van der Waals surface area contributed by atoms with Gasteiger partial charge in [-0.05, 0) is 72.1 Å². The first-order valence-corrected chi connectivity index (χ1v) is 8.16. The molecule has 0 aromatic heterocycles. The maximum Gasteiger partial charge on any atom is 0.0460 e. The summed E-state index contributed by atoms with van der Waals surface area (Å²) in [5, 5.41) is 0. The third-order valence-corrected chi connectivity index (χ3v) is 5.63. The van der Waals surface area contributed by atoms with Gasteiger partial charge < -0.3 is 0 Å². The summed E-state index contributed by atoms with van der Waals surface area (Å²) in [6, 6.07) is 13.8. The third kappa shape index (κ3) is 5.92. The molecule has 0 aliphatic rings. The molecule has 0 unspecified atom stereocenters. The van der Waals surface area contributed by atoms with Crippen LogP contribution >= 0.6 is 76.3 Å². The van der Waals surface area contributed by atoms with E-state index in [0.29, 0.717) is 0 Å². The molecular formula is C12H8Br4S. The molecule has 0 nitrogen and oxygen atoms in total. The van der Waals surface area contributed by atoms with Gasteiger partial charge in [0.2, 0.25) is 0 Å². The molecule has 0 atom stereocenters. The molecule has 0 amide bonds. The third-order valence-electron chi connectivity index (χ3n) is 1.70. The molecule has 2 aromatic carbocycles. The minimum Gasteiger partial charge on any atom is -0.143 e. The summed E-state index contributed by atoms with van der Waals surface area (Å²) in [6.45, 7) is 0. The van der Waals surface area contributed by atoms with Crippen LogP contribution in [0.4, 0.5) is 0 Å². The van der Waals surface area contributed by atoms with Gasteiger partial charge in [-0.2, -0.15) is 0 Å². The highest BCUT2D eigenvalue weighted by molar-refractivity contribution is 9.14. The van der Waals surface area contributed by atoms with Crippen molar-refractivity contribution in [3.05, 3.63) is 60.4 Å². The van der Waals surface area contributed by atoms with E-state index in [4.69, 9.17) is 0 Å². The first-order chi connectivity index (χ1) is 8.00. The fraction of sp³-hybridized carbons (Fsp3) is 0. The van der Waals surface area contributed by atoms with E-state index in [1.54, 1.807) is 0 Å². The highest BCUT2D eigenvalue weighted by Gasteiger charge is 2.01. The normalized spacial score (nSPS) is 9.47. The zero-order valence-electron chi connectivity index (χ0n) is 8.50. The highest BCUT2D eigenvalue weighted by Crippen LogP contribution is 2.33. The molecular weight excluding hydrogens is 496 g/mol. The molecule has 2 rings (SSSR count). The maximum absolute atomic E-state index is 4.08. The van der Waals surface area contributed by atoms with Gasteiger partial charge in [0.1, 0.15) is 0 Å². The van der Waals surface area contributed by atoms with E-state index in [0.717, 1.165) is 22.8 Å². The van der Waals surface area contributed by atoms with E-state index in [-0.39, 0.29) is 0 Å². The van der Waals surface area contributed by atoms with Crippen molar-refractivity contribution >= 4 is 76.3 Å². The molecule has 0 saturated carbocycles. The lowest BCUT2D eigenvalue weighted by Crippen LogP contribution is -1.72. The number of halogens is 4. The van der Waals surface area contributed by atoms with E-state index in [9.17, 15) is 0 Å². The van der Waals surface area contributed by atoms with Crippen LogP contribution < -0.4 is 0 Å². The zero-order valence-corrected chi connectivity index (χ0v) is 15.7. The molecule has 90 valence electrons. The first kappa shape index (κ1) is 15.8. The molecule has 17 heavy (non-hydrogen) atoms. The predicted molar refractivity (Wildman–Crippen MR) is 90.9 cm³/mol. The summed E-state index contributed by atoms with van der Waals surface area (Å²) in [6.07, 6.45) is 0. The summed E-state index contributed by atoms with van der Waals surface area (Å²) in [7, 11) is 0. The van der Waals surface area contributed by atoms with Gasteiger partial charge in [0, 0.05) is 22.8 Å². The second-order valence-electron chi connectivity index (χ2n) is 3.02. The molecule has 0 spiro atoms. The van der Waals surface area contributed by atoms with Crippen LogP contribution in [0.25, 0.3) is 0 Å². The van der Waals surface area contributed by atoms with Gasteiger partial charge in [0.25, 0.3) is 0 Å². The standard InChI is InChI=1S/C6H2Br4.C6H6S/c7-3-1-4(8)6(10)5(9)2-3;7-6-4-2-1-3-5-6/h1-2H;1-5,7H. The Balaban J connectivity index is 0.000000181. The molecule has 2 aromatic rings. The minimum atomic E-state index is 1.02. The van der Waals surface area contributed by atoms with Crippen molar-refractivity contribution in [2.24, 2.45) is 0 Å². The number of thiol groups is 1. The van der Waals surface area contributed by atoms with Crippen molar-refractivity contribution in [1.82, 2.24) is 0 Å². The van der Waals surface area contributed by atoms with E-state index in [2.05, 4.69) is 76.3 Å². The Hall–Kier alpha value is 0.710. The lowest BCUT2D eigenvalue weighted by Gasteiger charge is -1.99. The van der Waals surface area contributed by atoms with Crippen LogP contribution in [0, 0.1) is 0 Å². The lowest BCUT2D eigenvalue weighted by molar-refractivity contribution is 1.48. The van der Waals surface area contributed by atoms with Crippen LogP contribution in [0.2, 0.25) is 0 Å². The number of benzene rings is 2. The number of hydrogen-bond donors (Lipinski definition) is 1. The van der Waals surface area contributed by atoms with Crippen molar-refractivity contribution in [3.63, 3.8) is 0 Å². The first-order valence-electron chi connectivity index (χ1n) is 4.54. The van der Waals surface area contributed by atoms with E-state index >= 15 is 0 Å². The molecule has 0 N–H and O–H groups in total. The number of hydrogen-bond acceptors (Lipinski definition) is 1. The average Bonchev–Trinajstić information content (AvgIpc) is 2.27. The average molecular weight is 504 g/mol. The smallest absolute Gasteiger partial charge is 0.0460 e. The molecule has 0 fully saturated rings. The SMILES string of the molecule is Brc1cc(Br)c(Br)c(Br)c1.Sc1ccccc1. The fourth-order valence-corrected chi connectivity index (χ4v) is 3.61. The van der Waals surface area contributed by atoms with Gasteiger partial charge in [0.05, 0.1) is 0 Å². The van der Waals surface area contributed by atoms with Gasteiger partial charge >= 0.3 is 0 Å². The van der Waals surface area contributed by atoms with Crippen molar-refractivity contribution < 1.29 is 0 Å². The quantitative estimate of drug-likeness (QED) is 0.230. The Bertz CT molecular complexity index is 462. The second-order valence-corrected chi connectivity index (χ2v) is 6.95. The molecule has 0 aliphatic carbocycles. The summed E-state index contributed by atoms with van der Waals surface area (Å²) in [4.78, 5) is 1.02. The largest absolute Gasteiger partial charge is 0.143 e. The summed E-state index contributed by atoms with van der Waals surface area (Å²) in [5.41, 5.74) is 0. The Kier molecular flexibility index (Phi) is 7.42. The van der Waals surface area contributed by atoms with Crippen LogP contribution in [0.15, 0.2) is 65.3 Å². The van der Waals surface area contributed by atoms with Crippen LogP contribution in [-0.2, 0) is 0 Å². The van der Waals surface area contributed by atoms with Gasteiger partial charge in [0.15, 0.2) is 0 Å². The fourth-order valence-electron chi connectivity index (χ4n) is 0.953. The van der Waals surface area contributed by atoms with Gasteiger partial charge in [-0.25, -0.2) is 0 Å². The van der Waals surface area contributed by atoms with Crippen LogP contribution in [-0.4, -0.2) is 0 Å². The Morgan fingerprint density at radius 2 is 1.24 bits per heavy atom. The molecule has 0 aliphatic heterocycles. The lowest BCUT2D eigenvalue weighted by atomic mass is 10.4. The molecule has 0 heterocycles. The van der Waals surface area contributed by atoms with Crippen LogP contribution in [0.3, 0.4) is 0 Å². The second kappa shape index (κ2) is 8.00. The summed E-state index contributed by atoms with van der Waals surface area (Å²) >= 11 is 17.6. The molecule has 0 radical (unpaired) electrons. The Labute approximate surface area is 140 Å². The van der Waals surface area contributed by atoms with Crippen molar-refractivity contribution in [3.8, 4) is 0 Å². The zero-order chi connectivity index (χ0) is 12.8. The monoisotopic (exact) mass is 500 g/mol. The highest BCUT2D eigenvalue weighted by atomic mass is 79.9. The Morgan fingerprint density at radius 1 is 0.765 bits per heavy atom. The Morgan fingerprint density at radius 3 is 1.59 bits per heavy atom.